The lowest BCUT2D eigenvalue weighted by Crippen LogP contribution is -2.44. The number of methoxy groups -OCH3 is 1. The molecule has 2 N–H and O–H groups in total. The summed E-state index contributed by atoms with van der Waals surface area (Å²) in [5, 5.41) is 4.01. The van der Waals surface area contributed by atoms with Gasteiger partial charge < -0.3 is 15.0 Å². The van der Waals surface area contributed by atoms with Crippen LogP contribution in [-0.4, -0.2) is 47.4 Å². The highest BCUT2D eigenvalue weighted by atomic mass is 16.5. The zero-order chi connectivity index (χ0) is 30.4. The maximum absolute atomic E-state index is 14.1. The van der Waals surface area contributed by atoms with E-state index in [1.54, 1.807) is 36.3 Å². The number of nitrogens with zero attached hydrogens (tertiary/aromatic N) is 2. The normalized spacial score (nSPS) is 17.5. The number of urea groups is 1. The van der Waals surface area contributed by atoms with Crippen LogP contribution in [-0.2, 0) is 17.6 Å². The molecular formula is C36H32N4O4. The fourth-order valence-electron chi connectivity index (χ4n) is 6.38. The summed E-state index contributed by atoms with van der Waals surface area (Å²) >= 11 is 0. The third kappa shape index (κ3) is 4.68. The van der Waals surface area contributed by atoms with Gasteiger partial charge in [-0.2, -0.15) is 0 Å². The topological polar surface area (TPSA) is 94.7 Å². The van der Waals surface area contributed by atoms with Crippen molar-refractivity contribution in [2.75, 3.05) is 18.6 Å². The van der Waals surface area contributed by atoms with Gasteiger partial charge in [0, 0.05) is 35.1 Å². The molecule has 2 unspecified atom stereocenters. The lowest BCUT2D eigenvalue weighted by molar-refractivity contribution is -0.120. The summed E-state index contributed by atoms with van der Waals surface area (Å²) in [5.74, 6) is 0.308. The Morgan fingerprint density at radius 3 is 2.39 bits per heavy atom. The predicted octanol–water partition coefficient (Wildman–Crippen LogP) is 5.94. The van der Waals surface area contributed by atoms with Gasteiger partial charge >= 0.3 is 6.03 Å². The van der Waals surface area contributed by atoms with Crippen molar-refractivity contribution < 1.29 is 19.1 Å². The number of carbonyl (C=O) groups is 3. The summed E-state index contributed by atoms with van der Waals surface area (Å²) in [4.78, 5) is 47.4. The van der Waals surface area contributed by atoms with E-state index in [9.17, 15) is 14.4 Å². The highest BCUT2D eigenvalue weighted by Gasteiger charge is 2.53. The second-order valence-electron chi connectivity index (χ2n) is 11.4. The van der Waals surface area contributed by atoms with Gasteiger partial charge in [-0.3, -0.25) is 14.5 Å². The number of rotatable bonds is 7. The maximum Gasteiger partial charge on any atom is 0.332 e. The Balaban J connectivity index is 1.13. The number of hydrogen-bond donors (Lipinski definition) is 2. The van der Waals surface area contributed by atoms with Crippen molar-refractivity contribution in [3.05, 3.63) is 131 Å². The first-order valence-electron chi connectivity index (χ1n) is 14.8. The Hall–Kier alpha value is -5.37. The van der Waals surface area contributed by atoms with Gasteiger partial charge in [-0.25, -0.2) is 9.69 Å². The molecule has 5 aromatic rings. The molecule has 220 valence electrons. The quantitative estimate of drug-likeness (QED) is 0.232. The molecule has 3 heterocycles. The van der Waals surface area contributed by atoms with E-state index in [0.29, 0.717) is 30.6 Å². The Kier molecular flexibility index (Phi) is 6.89. The van der Waals surface area contributed by atoms with Gasteiger partial charge in [0.05, 0.1) is 12.8 Å². The Morgan fingerprint density at radius 2 is 1.66 bits per heavy atom. The molecule has 4 aromatic carbocycles. The van der Waals surface area contributed by atoms with Crippen molar-refractivity contribution in [2.24, 2.45) is 0 Å². The smallest absolute Gasteiger partial charge is 0.332 e. The number of para-hydroxylation sites is 1. The van der Waals surface area contributed by atoms with E-state index in [1.807, 2.05) is 73.7 Å². The maximum atomic E-state index is 14.1. The van der Waals surface area contributed by atoms with Gasteiger partial charge in [-0.1, -0.05) is 60.2 Å². The summed E-state index contributed by atoms with van der Waals surface area (Å²) in [6.07, 6.45) is 1.11. The minimum Gasteiger partial charge on any atom is -0.497 e. The van der Waals surface area contributed by atoms with Gasteiger partial charge in [-0.05, 0) is 72.5 Å². The molecule has 7 rings (SSSR count). The molecule has 0 saturated carbocycles. The van der Waals surface area contributed by atoms with Crippen LogP contribution in [0, 0.1) is 6.92 Å². The van der Waals surface area contributed by atoms with E-state index in [1.165, 1.54) is 4.90 Å². The first kappa shape index (κ1) is 27.5. The van der Waals surface area contributed by atoms with E-state index < -0.39 is 12.1 Å². The zero-order valence-electron chi connectivity index (χ0n) is 24.5. The molecule has 44 heavy (non-hydrogen) atoms. The molecule has 0 bridgehead atoms. The van der Waals surface area contributed by atoms with E-state index >= 15 is 0 Å². The number of imide groups is 1. The lowest BCUT2D eigenvalue weighted by Gasteiger charge is -2.36. The third-order valence-corrected chi connectivity index (χ3v) is 8.69. The minimum absolute atomic E-state index is 0.216. The average Bonchev–Trinajstić information content (AvgIpc) is 3.54. The third-order valence-electron chi connectivity index (χ3n) is 8.69. The van der Waals surface area contributed by atoms with Crippen LogP contribution in [0.1, 0.15) is 44.3 Å². The first-order chi connectivity index (χ1) is 21.4. The van der Waals surface area contributed by atoms with Crippen LogP contribution in [0.4, 0.5) is 10.5 Å². The zero-order valence-corrected chi connectivity index (χ0v) is 24.5. The van der Waals surface area contributed by atoms with Crippen molar-refractivity contribution in [3.8, 4) is 5.75 Å². The number of aromatic nitrogens is 1. The Bertz CT molecular complexity index is 1880. The molecule has 2 atom stereocenters. The molecule has 2 aliphatic rings. The largest absolute Gasteiger partial charge is 0.497 e. The standard InChI is InChI=1S/C36H32N4O4/c1-22-7-11-24(12-8-22)33-32-29(28-5-3-4-6-30(28)38-32)21-31-35(42)39(36(43)40(31)33)26-15-13-25(14-16-26)34(41)37-20-19-23-9-17-27(44-2)18-10-23/h3-18,31,33,38H,19-21H2,1-2H3,(H,37,41). The number of anilines is 1. The SMILES string of the molecule is COc1ccc(CCNC(=O)c2ccc(N3C(=O)C4Cc5c([nH]c6ccccc56)C(c5ccc(C)cc5)N4C3=O)cc2)cc1. The van der Waals surface area contributed by atoms with Crippen LogP contribution >= 0.6 is 0 Å². The fraction of sp³-hybridized carbons (Fsp3) is 0.194. The van der Waals surface area contributed by atoms with E-state index in [-0.39, 0.29) is 17.8 Å². The number of aromatic amines is 1. The molecule has 0 aliphatic carbocycles. The molecule has 2 aliphatic heterocycles. The summed E-state index contributed by atoms with van der Waals surface area (Å²) in [6, 6.07) is 29.1. The number of H-pyrrole nitrogens is 1. The van der Waals surface area contributed by atoms with Crippen molar-refractivity contribution in [2.45, 2.75) is 31.8 Å². The van der Waals surface area contributed by atoms with Gasteiger partial charge in [0.2, 0.25) is 0 Å². The van der Waals surface area contributed by atoms with E-state index in [4.69, 9.17) is 4.74 Å². The average molecular weight is 585 g/mol. The monoisotopic (exact) mass is 584 g/mol. The van der Waals surface area contributed by atoms with Gasteiger partial charge in [0.1, 0.15) is 17.8 Å². The molecule has 8 heteroatoms. The molecule has 1 fully saturated rings. The van der Waals surface area contributed by atoms with Crippen molar-refractivity contribution in [1.82, 2.24) is 15.2 Å². The lowest BCUT2D eigenvalue weighted by atomic mass is 9.88. The Labute approximate surface area is 255 Å². The number of ether oxygens (including phenoxy) is 1. The number of benzene rings is 4. The summed E-state index contributed by atoms with van der Waals surface area (Å²) in [5.41, 5.74) is 7.05. The summed E-state index contributed by atoms with van der Waals surface area (Å²) < 4.78 is 5.19. The highest BCUT2D eigenvalue weighted by molar-refractivity contribution is 6.22. The minimum atomic E-state index is -0.638. The fourth-order valence-corrected chi connectivity index (χ4v) is 6.38. The van der Waals surface area contributed by atoms with Crippen LogP contribution in [0.25, 0.3) is 10.9 Å². The van der Waals surface area contributed by atoms with Gasteiger partial charge in [0.15, 0.2) is 0 Å². The molecule has 8 nitrogen and oxygen atoms in total. The molecule has 1 saturated heterocycles. The van der Waals surface area contributed by atoms with E-state index in [0.717, 1.165) is 44.6 Å². The molecule has 1 aromatic heterocycles. The first-order valence-corrected chi connectivity index (χ1v) is 14.8. The highest BCUT2D eigenvalue weighted by Crippen LogP contribution is 2.44. The number of nitrogens with one attached hydrogen (secondary N) is 2. The Morgan fingerprint density at radius 1 is 0.932 bits per heavy atom. The number of amides is 4. The second kappa shape index (κ2) is 11.0. The van der Waals surface area contributed by atoms with Gasteiger partial charge in [-0.15, -0.1) is 0 Å². The molecular weight excluding hydrogens is 552 g/mol. The van der Waals surface area contributed by atoms with Crippen LogP contribution < -0.4 is 15.0 Å². The van der Waals surface area contributed by atoms with Crippen molar-refractivity contribution >= 4 is 34.4 Å². The second-order valence-corrected chi connectivity index (χ2v) is 11.4. The van der Waals surface area contributed by atoms with Crippen molar-refractivity contribution in [3.63, 3.8) is 0 Å². The van der Waals surface area contributed by atoms with E-state index in [2.05, 4.69) is 16.4 Å². The van der Waals surface area contributed by atoms with Gasteiger partial charge in [0.25, 0.3) is 11.8 Å². The molecule has 0 radical (unpaired) electrons. The van der Waals surface area contributed by atoms with Crippen molar-refractivity contribution in [1.29, 1.82) is 0 Å². The van der Waals surface area contributed by atoms with Crippen LogP contribution in [0.15, 0.2) is 97.1 Å². The number of hydrogen-bond acceptors (Lipinski definition) is 4. The van der Waals surface area contributed by atoms with Crippen LogP contribution in [0.3, 0.4) is 0 Å². The predicted molar refractivity (Wildman–Crippen MR) is 169 cm³/mol. The molecule has 0 spiro atoms. The number of aryl methyl sites for hydroxylation is 1. The summed E-state index contributed by atoms with van der Waals surface area (Å²) in [6.45, 7) is 2.50. The molecule has 4 amide bonds. The summed E-state index contributed by atoms with van der Waals surface area (Å²) in [7, 11) is 1.63. The van der Waals surface area contributed by atoms with Crippen LogP contribution in [0.5, 0.6) is 5.75 Å². The van der Waals surface area contributed by atoms with Crippen LogP contribution in [0.2, 0.25) is 0 Å². The number of fused-ring (bicyclic) bond motifs is 4. The number of carbonyl (C=O) groups excluding carboxylic acids is 3.